The third-order valence-electron chi connectivity index (χ3n) is 3.74. The quantitative estimate of drug-likeness (QED) is 0.922. The average molecular weight is 345 g/mol. The molecule has 0 aromatic heterocycles. The van der Waals surface area contributed by atoms with Crippen molar-refractivity contribution in [3.8, 4) is 0 Å². The lowest BCUT2D eigenvalue weighted by Gasteiger charge is -2.22. The maximum absolute atomic E-state index is 12.3. The summed E-state index contributed by atoms with van der Waals surface area (Å²) in [6, 6.07) is 14.1. The van der Waals surface area contributed by atoms with E-state index in [1.165, 1.54) is 0 Å². The third-order valence-corrected chi connectivity index (χ3v) is 4.95. The van der Waals surface area contributed by atoms with E-state index in [1.807, 2.05) is 19.1 Å². The number of aryl methyl sites for hydroxylation is 1. The van der Waals surface area contributed by atoms with Crippen LogP contribution >= 0.6 is 0 Å². The highest BCUT2D eigenvalue weighted by atomic mass is 32.2. The fourth-order valence-corrected chi connectivity index (χ4v) is 3.78. The summed E-state index contributed by atoms with van der Waals surface area (Å²) >= 11 is 0. The van der Waals surface area contributed by atoms with Gasteiger partial charge in [0, 0.05) is 5.56 Å². The van der Waals surface area contributed by atoms with Crippen molar-refractivity contribution < 1.29 is 13.2 Å². The molecule has 0 aliphatic carbocycles. The Labute approximate surface area is 144 Å². The molecule has 0 radical (unpaired) electrons. The molecule has 0 heterocycles. The number of hydrogen-bond donors (Lipinski definition) is 1. The van der Waals surface area contributed by atoms with Gasteiger partial charge < -0.3 is 0 Å². The minimum Gasteiger partial charge on any atom is -0.268 e. The van der Waals surface area contributed by atoms with Crippen LogP contribution in [0.5, 0.6) is 0 Å². The molecule has 0 saturated heterocycles. The molecule has 0 spiro atoms. The number of nitrogens with one attached hydrogen (secondary N) is 1. The first-order valence-electron chi connectivity index (χ1n) is 7.78. The third kappa shape index (κ3) is 4.68. The van der Waals surface area contributed by atoms with Crippen LogP contribution in [-0.4, -0.2) is 14.3 Å². The number of benzene rings is 2. The highest BCUT2D eigenvalue weighted by Gasteiger charge is 2.20. The number of hydrogen-bond acceptors (Lipinski definition) is 3. The lowest BCUT2D eigenvalue weighted by atomic mass is 9.83. The van der Waals surface area contributed by atoms with Crippen molar-refractivity contribution >= 4 is 15.9 Å². The highest BCUT2D eigenvalue weighted by molar-refractivity contribution is 7.89. The Bertz CT molecular complexity index is 835. The van der Waals surface area contributed by atoms with Gasteiger partial charge in [-0.15, -0.1) is 0 Å². The second kappa shape index (κ2) is 6.77. The van der Waals surface area contributed by atoms with Crippen molar-refractivity contribution in [2.75, 3.05) is 0 Å². The van der Waals surface area contributed by atoms with Crippen molar-refractivity contribution in [2.45, 2.75) is 38.9 Å². The van der Waals surface area contributed by atoms with Crippen LogP contribution in [0.2, 0.25) is 0 Å². The molecular weight excluding hydrogens is 322 g/mol. The zero-order chi connectivity index (χ0) is 18.0. The summed E-state index contributed by atoms with van der Waals surface area (Å²) in [5, 5.41) is 0. The molecule has 2 aromatic carbocycles. The normalized spacial score (nSPS) is 12.0. The summed E-state index contributed by atoms with van der Waals surface area (Å²) in [6.45, 7) is 8.22. The minimum atomic E-state index is -3.73. The standard InChI is InChI=1S/C19H23NO3S/c1-14-12-16(10-11-17(14)19(2,3)4)18(21)20-24(22,23)13-15-8-6-5-7-9-15/h5-12H,13H2,1-4H3,(H,20,21). The van der Waals surface area contributed by atoms with E-state index in [-0.39, 0.29) is 11.2 Å². The molecule has 0 saturated carbocycles. The summed E-state index contributed by atoms with van der Waals surface area (Å²) in [5.41, 5.74) is 3.05. The Hall–Kier alpha value is -2.14. The van der Waals surface area contributed by atoms with Crippen LogP contribution in [-0.2, 0) is 21.2 Å². The Kier molecular flexibility index (Phi) is 5.13. The first-order chi connectivity index (χ1) is 11.1. The maximum atomic E-state index is 12.3. The molecule has 128 valence electrons. The van der Waals surface area contributed by atoms with Crippen molar-refractivity contribution in [1.82, 2.24) is 4.72 Å². The Morgan fingerprint density at radius 3 is 2.21 bits per heavy atom. The number of carbonyl (C=O) groups excluding carboxylic acids is 1. The lowest BCUT2D eigenvalue weighted by Crippen LogP contribution is -2.31. The van der Waals surface area contributed by atoms with E-state index in [4.69, 9.17) is 0 Å². The summed E-state index contributed by atoms with van der Waals surface area (Å²) in [6.07, 6.45) is 0. The fourth-order valence-electron chi connectivity index (χ4n) is 2.68. The average Bonchev–Trinajstić information content (AvgIpc) is 2.45. The van der Waals surface area contributed by atoms with Gasteiger partial charge in [-0.25, -0.2) is 13.1 Å². The first-order valence-corrected chi connectivity index (χ1v) is 9.43. The van der Waals surface area contributed by atoms with Gasteiger partial charge >= 0.3 is 0 Å². The van der Waals surface area contributed by atoms with E-state index < -0.39 is 15.9 Å². The second-order valence-corrected chi connectivity index (χ2v) is 8.68. The van der Waals surface area contributed by atoms with E-state index >= 15 is 0 Å². The molecule has 1 N–H and O–H groups in total. The SMILES string of the molecule is Cc1cc(C(=O)NS(=O)(=O)Cc2ccccc2)ccc1C(C)(C)C. The zero-order valence-electron chi connectivity index (χ0n) is 14.5. The first kappa shape index (κ1) is 18.2. The van der Waals surface area contributed by atoms with E-state index in [9.17, 15) is 13.2 Å². The minimum absolute atomic E-state index is 0.0293. The molecule has 0 aliphatic rings. The van der Waals surface area contributed by atoms with Gasteiger partial charge in [0.1, 0.15) is 0 Å². The summed E-state index contributed by atoms with van der Waals surface area (Å²) < 4.78 is 26.5. The van der Waals surface area contributed by atoms with E-state index in [1.54, 1.807) is 36.4 Å². The van der Waals surface area contributed by atoms with E-state index in [0.29, 0.717) is 11.1 Å². The van der Waals surface area contributed by atoms with Gasteiger partial charge in [0.15, 0.2) is 0 Å². The summed E-state index contributed by atoms with van der Waals surface area (Å²) in [4.78, 5) is 12.3. The molecule has 2 rings (SSSR count). The Morgan fingerprint density at radius 2 is 1.67 bits per heavy atom. The number of sulfonamides is 1. The maximum Gasteiger partial charge on any atom is 0.264 e. The monoisotopic (exact) mass is 345 g/mol. The fraction of sp³-hybridized carbons (Fsp3) is 0.316. The van der Waals surface area contributed by atoms with Crippen LogP contribution in [0, 0.1) is 6.92 Å². The van der Waals surface area contributed by atoms with Crippen LogP contribution in [0.4, 0.5) is 0 Å². The van der Waals surface area contributed by atoms with Gasteiger partial charge in [0.25, 0.3) is 5.91 Å². The van der Waals surface area contributed by atoms with Gasteiger partial charge in [-0.05, 0) is 41.2 Å². The summed E-state index contributed by atoms with van der Waals surface area (Å²) in [5.74, 6) is -0.826. The van der Waals surface area contributed by atoms with Gasteiger partial charge in [-0.3, -0.25) is 4.79 Å². The number of amides is 1. The largest absolute Gasteiger partial charge is 0.268 e. The number of rotatable bonds is 4. The highest BCUT2D eigenvalue weighted by Crippen LogP contribution is 2.26. The van der Waals surface area contributed by atoms with Gasteiger partial charge in [0.2, 0.25) is 10.0 Å². The van der Waals surface area contributed by atoms with Crippen LogP contribution in [0.15, 0.2) is 48.5 Å². The lowest BCUT2D eigenvalue weighted by molar-refractivity contribution is 0.0981. The molecule has 0 unspecified atom stereocenters. The van der Waals surface area contributed by atoms with Crippen molar-refractivity contribution in [1.29, 1.82) is 0 Å². The molecule has 2 aromatic rings. The van der Waals surface area contributed by atoms with Crippen molar-refractivity contribution in [3.63, 3.8) is 0 Å². The smallest absolute Gasteiger partial charge is 0.264 e. The van der Waals surface area contributed by atoms with Crippen LogP contribution < -0.4 is 4.72 Å². The Balaban J connectivity index is 2.16. The molecule has 0 fully saturated rings. The molecule has 0 atom stereocenters. The van der Waals surface area contributed by atoms with E-state index in [0.717, 1.165) is 11.1 Å². The second-order valence-electron chi connectivity index (χ2n) is 6.96. The molecule has 4 nitrogen and oxygen atoms in total. The van der Waals surface area contributed by atoms with Crippen LogP contribution in [0.25, 0.3) is 0 Å². The molecule has 24 heavy (non-hydrogen) atoms. The van der Waals surface area contributed by atoms with Crippen LogP contribution in [0.1, 0.15) is 47.8 Å². The number of carbonyl (C=O) groups is 1. The van der Waals surface area contributed by atoms with Gasteiger partial charge in [-0.2, -0.15) is 0 Å². The van der Waals surface area contributed by atoms with Crippen molar-refractivity contribution in [2.24, 2.45) is 0 Å². The molecule has 1 amide bonds. The Morgan fingerprint density at radius 1 is 1.04 bits per heavy atom. The van der Waals surface area contributed by atoms with E-state index in [2.05, 4.69) is 25.5 Å². The van der Waals surface area contributed by atoms with Gasteiger partial charge in [-0.1, -0.05) is 57.2 Å². The molecule has 0 bridgehead atoms. The van der Waals surface area contributed by atoms with Crippen molar-refractivity contribution in [3.05, 3.63) is 70.8 Å². The molecule has 5 heteroatoms. The van der Waals surface area contributed by atoms with Gasteiger partial charge in [0.05, 0.1) is 5.75 Å². The molecular formula is C19H23NO3S. The summed E-state index contributed by atoms with van der Waals surface area (Å²) in [7, 11) is -3.73. The van der Waals surface area contributed by atoms with Crippen LogP contribution in [0.3, 0.4) is 0 Å². The predicted octanol–water partition coefficient (Wildman–Crippen LogP) is 3.55. The zero-order valence-corrected chi connectivity index (χ0v) is 15.3. The molecule has 0 aliphatic heterocycles. The predicted molar refractivity (Wildman–Crippen MR) is 96.4 cm³/mol. The topological polar surface area (TPSA) is 63.2 Å².